The Kier molecular flexibility index (Phi) is 2.86. The number of aliphatic imine (C=N–C) groups is 1. The van der Waals surface area contributed by atoms with Gasteiger partial charge in [0, 0.05) is 37.5 Å². The molecule has 0 unspecified atom stereocenters. The number of rotatable bonds is 1. The third kappa shape index (κ3) is 1.76. The van der Waals surface area contributed by atoms with E-state index in [2.05, 4.69) is 17.1 Å². The molecule has 0 spiro atoms. The van der Waals surface area contributed by atoms with Crippen molar-refractivity contribution in [2.24, 2.45) is 4.99 Å². The number of allylic oxidation sites excluding steroid dienone is 2. The Morgan fingerprint density at radius 3 is 2.88 bits per heavy atom. The van der Waals surface area contributed by atoms with Crippen molar-refractivity contribution in [1.29, 1.82) is 0 Å². The molecule has 0 aromatic carbocycles. The number of hydrogen-bond donors (Lipinski definition) is 0. The fraction of sp³-hybridized carbons (Fsp3) is 0.231. The maximum absolute atomic E-state index is 11.5. The SMILES string of the molecule is CN=Cc1cn(C(C)=O)c2c1C=CCC=C2. The zero-order valence-corrected chi connectivity index (χ0v) is 9.47. The van der Waals surface area contributed by atoms with Gasteiger partial charge in [0.2, 0.25) is 5.91 Å². The van der Waals surface area contributed by atoms with E-state index < -0.39 is 0 Å². The summed E-state index contributed by atoms with van der Waals surface area (Å²) in [6.07, 6.45) is 12.7. The fourth-order valence-electron chi connectivity index (χ4n) is 1.85. The minimum absolute atomic E-state index is 0.0203. The first kappa shape index (κ1) is 10.6. The van der Waals surface area contributed by atoms with Crippen molar-refractivity contribution in [3.8, 4) is 0 Å². The van der Waals surface area contributed by atoms with Crippen molar-refractivity contribution < 1.29 is 4.79 Å². The van der Waals surface area contributed by atoms with Gasteiger partial charge in [-0.3, -0.25) is 14.4 Å². The van der Waals surface area contributed by atoms with E-state index in [1.807, 2.05) is 18.3 Å². The van der Waals surface area contributed by atoms with E-state index in [0.29, 0.717) is 0 Å². The maximum atomic E-state index is 11.5. The Labute approximate surface area is 94.8 Å². The molecule has 1 aliphatic carbocycles. The Bertz CT molecular complexity index is 504. The molecule has 16 heavy (non-hydrogen) atoms. The van der Waals surface area contributed by atoms with Crippen molar-refractivity contribution in [1.82, 2.24) is 4.57 Å². The zero-order chi connectivity index (χ0) is 11.5. The van der Waals surface area contributed by atoms with Gasteiger partial charge in [-0.2, -0.15) is 0 Å². The monoisotopic (exact) mass is 214 g/mol. The minimum Gasteiger partial charge on any atom is -0.296 e. The lowest BCUT2D eigenvalue weighted by Crippen LogP contribution is -2.05. The predicted molar refractivity (Wildman–Crippen MR) is 66.9 cm³/mol. The molecular formula is C13H14N2O. The Hall–Kier alpha value is -1.90. The first-order valence-electron chi connectivity index (χ1n) is 5.25. The maximum Gasteiger partial charge on any atom is 0.227 e. The third-order valence-electron chi connectivity index (χ3n) is 2.55. The number of aromatic nitrogens is 1. The van der Waals surface area contributed by atoms with Crippen LogP contribution in [0, 0.1) is 0 Å². The fourth-order valence-corrected chi connectivity index (χ4v) is 1.85. The highest BCUT2D eigenvalue weighted by atomic mass is 16.1. The van der Waals surface area contributed by atoms with Crippen LogP contribution in [0.2, 0.25) is 0 Å². The molecule has 0 atom stereocenters. The largest absolute Gasteiger partial charge is 0.296 e. The molecule has 2 rings (SSSR count). The number of fused-ring (bicyclic) bond motifs is 1. The summed E-state index contributed by atoms with van der Waals surface area (Å²) in [6.45, 7) is 1.57. The van der Waals surface area contributed by atoms with Crippen LogP contribution in [0.4, 0.5) is 0 Å². The number of nitrogens with zero attached hydrogens (tertiary/aromatic N) is 2. The van der Waals surface area contributed by atoms with Gasteiger partial charge in [-0.05, 0) is 12.5 Å². The standard InChI is InChI=1S/C13H14N2O/c1-10(16)15-9-11(8-14-2)12-6-4-3-5-7-13(12)15/h4-9H,3H2,1-2H3. The summed E-state index contributed by atoms with van der Waals surface area (Å²) in [6, 6.07) is 0. The van der Waals surface area contributed by atoms with E-state index in [1.165, 1.54) is 0 Å². The molecule has 0 amide bonds. The summed E-state index contributed by atoms with van der Waals surface area (Å²) >= 11 is 0. The summed E-state index contributed by atoms with van der Waals surface area (Å²) in [5.41, 5.74) is 2.99. The first-order valence-corrected chi connectivity index (χ1v) is 5.25. The van der Waals surface area contributed by atoms with E-state index in [-0.39, 0.29) is 5.91 Å². The van der Waals surface area contributed by atoms with Gasteiger partial charge < -0.3 is 0 Å². The lowest BCUT2D eigenvalue weighted by atomic mass is 10.1. The molecule has 0 aliphatic heterocycles. The highest BCUT2D eigenvalue weighted by Crippen LogP contribution is 2.22. The minimum atomic E-state index is 0.0203. The number of hydrogen-bond acceptors (Lipinski definition) is 2. The van der Waals surface area contributed by atoms with Gasteiger partial charge in [0.05, 0.1) is 5.69 Å². The summed E-state index contributed by atoms with van der Waals surface area (Å²) in [5.74, 6) is 0.0203. The molecule has 1 aromatic rings. The molecule has 0 saturated heterocycles. The molecule has 3 heteroatoms. The van der Waals surface area contributed by atoms with Crippen LogP contribution < -0.4 is 0 Å². The second-order valence-corrected chi connectivity index (χ2v) is 3.70. The molecule has 82 valence electrons. The van der Waals surface area contributed by atoms with Crippen molar-refractivity contribution in [2.75, 3.05) is 7.05 Å². The average molecular weight is 214 g/mol. The zero-order valence-electron chi connectivity index (χ0n) is 9.47. The van der Waals surface area contributed by atoms with Crippen molar-refractivity contribution in [3.05, 3.63) is 35.2 Å². The second kappa shape index (κ2) is 4.31. The molecule has 1 heterocycles. The average Bonchev–Trinajstić information content (AvgIpc) is 2.46. The predicted octanol–water partition coefficient (Wildman–Crippen LogP) is 2.63. The van der Waals surface area contributed by atoms with Gasteiger partial charge in [0.15, 0.2) is 0 Å². The van der Waals surface area contributed by atoms with Crippen LogP contribution in [-0.4, -0.2) is 23.7 Å². The molecule has 1 aliphatic rings. The molecule has 0 N–H and O–H groups in total. The quantitative estimate of drug-likeness (QED) is 0.662. The molecule has 0 saturated carbocycles. The van der Waals surface area contributed by atoms with E-state index in [0.717, 1.165) is 23.2 Å². The van der Waals surface area contributed by atoms with Crippen LogP contribution in [0.3, 0.4) is 0 Å². The molecule has 3 nitrogen and oxygen atoms in total. The lowest BCUT2D eigenvalue weighted by molar-refractivity contribution is 0.0936. The van der Waals surface area contributed by atoms with Crippen LogP contribution in [0.25, 0.3) is 12.2 Å². The molecule has 0 fully saturated rings. The summed E-state index contributed by atoms with van der Waals surface area (Å²) in [7, 11) is 1.73. The van der Waals surface area contributed by atoms with E-state index >= 15 is 0 Å². The Balaban J connectivity index is 2.67. The lowest BCUT2D eigenvalue weighted by Gasteiger charge is -2.00. The highest BCUT2D eigenvalue weighted by Gasteiger charge is 2.13. The van der Waals surface area contributed by atoms with Crippen LogP contribution in [0.15, 0.2) is 23.3 Å². The van der Waals surface area contributed by atoms with Crippen LogP contribution >= 0.6 is 0 Å². The summed E-state index contributed by atoms with van der Waals surface area (Å²) in [5, 5.41) is 0. The van der Waals surface area contributed by atoms with Crippen molar-refractivity contribution >= 4 is 24.3 Å². The van der Waals surface area contributed by atoms with Gasteiger partial charge in [-0.1, -0.05) is 18.2 Å². The normalized spacial score (nSPS) is 14.1. The van der Waals surface area contributed by atoms with Gasteiger partial charge >= 0.3 is 0 Å². The van der Waals surface area contributed by atoms with Crippen LogP contribution in [0.5, 0.6) is 0 Å². The van der Waals surface area contributed by atoms with Gasteiger partial charge in [-0.25, -0.2) is 0 Å². The third-order valence-corrected chi connectivity index (χ3v) is 2.55. The number of carbonyl (C=O) groups excluding carboxylic acids is 1. The van der Waals surface area contributed by atoms with Crippen LogP contribution in [0.1, 0.15) is 35.0 Å². The smallest absolute Gasteiger partial charge is 0.227 e. The van der Waals surface area contributed by atoms with E-state index in [9.17, 15) is 4.79 Å². The van der Waals surface area contributed by atoms with Gasteiger partial charge in [0.1, 0.15) is 0 Å². The molecular weight excluding hydrogens is 200 g/mol. The van der Waals surface area contributed by atoms with Crippen LogP contribution in [-0.2, 0) is 0 Å². The van der Waals surface area contributed by atoms with Gasteiger partial charge in [-0.15, -0.1) is 0 Å². The number of carbonyl (C=O) groups is 1. The second-order valence-electron chi connectivity index (χ2n) is 3.70. The molecule has 0 radical (unpaired) electrons. The summed E-state index contributed by atoms with van der Waals surface area (Å²) in [4.78, 5) is 15.5. The highest BCUT2D eigenvalue weighted by molar-refractivity contribution is 5.92. The van der Waals surface area contributed by atoms with E-state index in [1.54, 1.807) is 24.8 Å². The van der Waals surface area contributed by atoms with Crippen molar-refractivity contribution in [3.63, 3.8) is 0 Å². The van der Waals surface area contributed by atoms with Crippen molar-refractivity contribution in [2.45, 2.75) is 13.3 Å². The molecule has 0 bridgehead atoms. The van der Waals surface area contributed by atoms with Gasteiger partial charge in [0.25, 0.3) is 0 Å². The topological polar surface area (TPSA) is 34.4 Å². The summed E-state index contributed by atoms with van der Waals surface area (Å²) < 4.78 is 1.67. The Morgan fingerprint density at radius 1 is 1.44 bits per heavy atom. The Morgan fingerprint density at radius 2 is 2.19 bits per heavy atom. The van der Waals surface area contributed by atoms with E-state index in [4.69, 9.17) is 0 Å². The first-order chi connectivity index (χ1) is 7.74. The molecule has 1 aromatic heterocycles.